The van der Waals surface area contributed by atoms with Gasteiger partial charge in [0.15, 0.2) is 0 Å². The molecule has 0 saturated carbocycles. The van der Waals surface area contributed by atoms with E-state index in [9.17, 15) is 9.59 Å². The van der Waals surface area contributed by atoms with Crippen molar-refractivity contribution in [2.45, 2.75) is 39.8 Å². The van der Waals surface area contributed by atoms with Crippen molar-refractivity contribution in [3.8, 4) is 5.75 Å². The summed E-state index contributed by atoms with van der Waals surface area (Å²) >= 11 is 0. The van der Waals surface area contributed by atoms with Crippen LogP contribution in [-0.2, 0) is 9.53 Å². The summed E-state index contributed by atoms with van der Waals surface area (Å²) in [7, 11) is 0. The third-order valence-corrected chi connectivity index (χ3v) is 6.05. The lowest BCUT2D eigenvalue weighted by atomic mass is 10.0. The van der Waals surface area contributed by atoms with E-state index in [0.717, 1.165) is 13.1 Å². The average molecular weight is 468 g/mol. The highest BCUT2D eigenvalue weighted by Gasteiger charge is 2.28. The van der Waals surface area contributed by atoms with Gasteiger partial charge in [-0.05, 0) is 49.6 Å². The molecule has 0 bridgehead atoms. The van der Waals surface area contributed by atoms with E-state index in [1.807, 2.05) is 26.8 Å². The highest BCUT2D eigenvalue weighted by atomic mass is 16.5. The predicted octanol–water partition coefficient (Wildman–Crippen LogP) is 3.34. The van der Waals surface area contributed by atoms with Crippen molar-refractivity contribution in [1.29, 1.82) is 0 Å². The van der Waals surface area contributed by atoms with E-state index in [4.69, 9.17) is 9.47 Å². The van der Waals surface area contributed by atoms with Crippen LogP contribution >= 0.6 is 0 Å². The van der Waals surface area contributed by atoms with Gasteiger partial charge in [0.05, 0.1) is 25.9 Å². The van der Waals surface area contributed by atoms with Gasteiger partial charge in [-0.1, -0.05) is 43.7 Å². The lowest BCUT2D eigenvalue weighted by Gasteiger charge is -2.35. The summed E-state index contributed by atoms with van der Waals surface area (Å²) in [5, 5.41) is 6.02. The summed E-state index contributed by atoms with van der Waals surface area (Å²) in [6.45, 7) is 11.9. The molecule has 0 radical (unpaired) electrons. The molecule has 1 aliphatic rings. The second kappa shape index (κ2) is 12.5. The number of nitrogens with one attached hydrogen (secondary N) is 2. The Hall–Kier alpha value is -2.90. The Morgan fingerprint density at radius 1 is 1.09 bits per heavy atom. The van der Waals surface area contributed by atoms with Crippen molar-refractivity contribution in [1.82, 2.24) is 15.5 Å². The van der Waals surface area contributed by atoms with Crippen molar-refractivity contribution >= 4 is 11.8 Å². The Morgan fingerprint density at radius 2 is 1.79 bits per heavy atom. The van der Waals surface area contributed by atoms with Crippen LogP contribution in [0.3, 0.4) is 0 Å². The van der Waals surface area contributed by atoms with Crippen LogP contribution in [0.4, 0.5) is 0 Å². The van der Waals surface area contributed by atoms with Gasteiger partial charge in [-0.2, -0.15) is 0 Å². The molecule has 1 heterocycles. The van der Waals surface area contributed by atoms with Crippen LogP contribution in [0.2, 0.25) is 0 Å². The number of rotatable bonds is 10. The Labute approximate surface area is 202 Å². The van der Waals surface area contributed by atoms with Crippen molar-refractivity contribution in [2.24, 2.45) is 5.92 Å². The minimum Gasteiger partial charge on any atom is -0.494 e. The maximum absolute atomic E-state index is 13.2. The second-order valence-corrected chi connectivity index (χ2v) is 8.98. The molecule has 2 amide bonds. The molecule has 0 aromatic heterocycles. The monoisotopic (exact) mass is 467 g/mol. The predicted molar refractivity (Wildman–Crippen MR) is 133 cm³/mol. The van der Waals surface area contributed by atoms with Crippen molar-refractivity contribution in [2.75, 3.05) is 39.5 Å². The van der Waals surface area contributed by atoms with Crippen molar-refractivity contribution < 1.29 is 19.1 Å². The zero-order chi connectivity index (χ0) is 24.5. The fraction of sp³-hybridized carbons (Fsp3) is 0.481. The smallest absolute Gasteiger partial charge is 0.251 e. The minimum absolute atomic E-state index is 0.0439. The maximum atomic E-state index is 13.2. The summed E-state index contributed by atoms with van der Waals surface area (Å²) in [5.74, 6) is 0.190. The highest BCUT2D eigenvalue weighted by molar-refractivity contribution is 5.97. The molecule has 184 valence electrons. The molecule has 0 spiro atoms. The van der Waals surface area contributed by atoms with E-state index in [2.05, 4.69) is 40.7 Å². The van der Waals surface area contributed by atoms with Crippen LogP contribution in [0.25, 0.3) is 0 Å². The van der Waals surface area contributed by atoms with Crippen LogP contribution in [-0.4, -0.2) is 62.2 Å². The van der Waals surface area contributed by atoms with E-state index in [1.165, 1.54) is 11.1 Å². The number of hydrogen-bond donors (Lipinski definition) is 2. The molecule has 0 aliphatic carbocycles. The molecule has 3 rings (SSSR count). The Bertz CT molecular complexity index is 939. The van der Waals surface area contributed by atoms with Crippen LogP contribution < -0.4 is 15.4 Å². The zero-order valence-corrected chi connectivity index (χ0v) is 20.7. The van der Waals surface area contributed by atoms with Gasteiger partial charge < -0.3 is 20.1 Å². The standard InChI is InChI=1S/C27H37N3O4/c1-5-34-23-11-9-21(10-12-23)26(31)29-25(19(2)3)27(32)28-18-24(30-13-15-33-16-14-30)22-8-6-7-20(4)17-22/h6-12,17,19,24-25H,5,13-16,18H2,1-4H3,(H,28,32)(H,29,31). The van der Waals surface area contributed by atoms with Crippen LogP contribution in [0.15, 0.2) is 48.5 Å². The topological polar surface area (TPSA) is 79.9 Å². The summed E-state index contributed by atoms with van der Waals surface area (Å²) < 4.78 is 11.0. The van der Waals surface area contributed by atoms with E-state index >= 15 is 0 Å². The number of aryl methyl sites for hydroxylation is 1. The number of amides is 2. The molecule has 1 saturated heterocycles. The fourth-order valence-electron chi connectivity index (χ4n) is 4.16. The van der Waals surface area contributed by atoms with Gasteiger partial charge >= 0.3 is 0 Å². The molecule has 2 aromatic rings. The molecule has 1 aliphatic heterocycles. The van der Waals surface area contributed by atoms with Gasteiger partial charge in [0, 0.05) is 25.2 Å². The first-order chi connectivity index (χ1) is 16.4. The second-order valence-electron chi connectivity index (χ2n) is 8.98. The molecule has 1 fully saturated rings. The fourth-order valence-corrected chi connectivity index (χ4v) is 4.16. The normalized spacial score (nSPS) is 16.0. The first-order valence-corrected chi connectivity index (χ1v) is 12.1. The maximum Gasteiger partial charge on any atom is 0.251 e. The molecule has 2 aromatic carbocycles. The molecule has 2 atom stereocenters. The van der Waals surface area contributed by atoms with E-state index < -0.39 is 6.04 Å². The number of benzene rings is 2. The first-order valence-electron chi connectivity index (χ1n) is 12.1. The number of ether oxygens (including phenoxy) is 2. The van der Waals surface area contributed by atoms with Crippen molar-refractivity contribution in [3.05, 3.63) is 65.2 Å². The lowest BCUT2D eigenvalue weighted by molar-refractivity contribution is -0.124. The van der Waals surface area contributed by atoms with E-state index in [0.29, 0.717) is 37.7 Å². The molecular formula is C27H37N3O4. The van der Waals surface area contributed by atoms with Gasteiger partial charge in [-0.3, -0.25) is 14.5 Å². The molecule has 7 heteroatoms. The van der Waals surface area contributed by atoms with E-state index in [-0.39, 0.29) is 23.8 Å². The third-order valence-electron chi connectivity index (χ3n) is 6.05. The summed E-state index contributed by atoms with van der Waals surface area (Å²) in [6.07, 6.45) is 0. The molecule has 2 unspecified atom stereocenters. The lowest BCUT2D eigenvalue weighted by Crippen LogP contribution is -2.52. The molecular weight excluding hydrogens is 430 g/mol. The minimum atomic E-state index is -0.637. The Morgan fingerprint density at radius 3 is 2.41 bits per heavy atom. The summed E-state index contributed by atoms with van der Waals surface area (Å²) in [4.78, 5) is 28.4. The quantitative estimate of drug-likeness (QED) is 0.560. The molecule has 7 nitrogen and oxygen atoms in total. The number of hydrogen-bond acceptors (Lipinski definition) is 5. The number of carbonyl (C=O) groups is 2. The summed E-state index contributed by atoms with van der Waals surface area (Å²) in [5.41, 5.74) is 2.85. The highest BCUT2D eigenvalue weighted by Crippen LogP contribution is 2.22. The molecule has 2 N–H and O–H groups in total. The van der Waals surface area contributed by atoms with Crippen LogP contribution in [0.5, 0.6) is 5.75 Å². The first kappa shape index (κ1) is 25.7. The van der Waals surface area contributed by atoms with Gasteiger partial charge in [-0.15, -0.1) is 0 Å². The van der Waals surface area contributed by atoms with Gasteiger partial charge in [0.1, 0.15) is 11.8 Å². The number of morpholine rings is 1. The van der Waals surface area contributed by atoms with Crippen LogP contribution in [0.1, 0.15) is 48.3 Å². The third kappa shape index (κ3) is 7.05. The van der Waals surface area contributed by atoms with Crippen molar-refractivity contribution in [3.63, 3.8) is 0 Å². The van der Waals surface area contributed by atoms with Gasteiger partial charge in [0.25, 0.3) is 5.91 Å². The van der Waals surface area contributed by atoms with E-state index in [1.54, 1.807) is 24.3 Å². The zero-order valence-electron chi connectivity index (χ0n) is 20.7. The number of nitrogens with zero attached hydrogens (tertiary/aromatic N) is 1. The Kier molecular flexibility index (Phi) is 9.48. The summed E-state index contributed by atoms with van der Waals surface area (Å²) in [6, 6.07) is 14.7. The van der Waals surface area contributed by atoms with Gasteiger partial charge in [-0.25, -0.2) is 0 Å². The van der Waals surface area contributed by atoms with Gasteiger partial charge in [0.2, 0.25) is 5.91 Å². The Balaban J connectivity index is 1.67. The molecule has 34 heavy (non-hydrogen) atoms. The largest absolute Gasteiger partial charge is 0.494 e. The number of carbonyl (C=O) groups excluding carboxylic acids is 2. The van der Waals surface area contributed by atoms with Crippen LogP contribution in [0, 0.1) is 12.8 Å². The SMILES string of the molecule is CCOc1ccc(C(=O)NC(C(=O)NCC(c2cccc(C)c2)N2CCOCC2)C(C)C)cc1. The average Bonchev–Trinajstić information content (AvgIpc) is 2.83.